The number of ether oxygens (including phenoxy) is 3. The van der Waals surface area contributed by atoms with Crippen LogP contribution in [0.15, 0.2) is 48.5 Å². The van der Waals surface area contributed by atoms with Crippen LogP contribution in [-0.2, 0) is 20.7 Å². The molecule has 7 heteroatoms. The summed E-state index contributed by atoms with van der Waals surface area (Å²) in [4.78, 5) is 24.2. The van der Waals surface area contributed by atoms with Crippen molar-refractivity contribution >= 4 is 11.8 Å². The topological polar surface area (TPSA) is 85.9 Å². The van der Waals surface area contributed by atoms with E-state index in [-0.39, 0.29) is 25.3 Å². The lowest BCUT2D eigenvalue weighted by atomic mass is 9.97. The van der Waals surface area contributed by atoms with Gasteiger partial charge in [0.2, 0.25) is 0 Å². The van der Waals surface area contributed by atoms with E-state index in [9.17, 15) is 9.59 Å². The van der Waals surface area contributed by atoms with Gasteiger partial charge in [-0.25, -0.2) is 0 Å². The fraction of sp³-hybridized carbons (Fsp3) is 0.333. The molecule has 2 aliphatic rings. The van der Waals surface area contributed by atoms with Gasteiger partial charge in [0.1, 0.15) is 18.8 Å². The van der Waals surface area contributed by atoms with Crippen molar-refractivity contribution in [3.05, 3.63) is 59.7 Å². The standard InChI is InChI=1S/C21H22N2O5/c24-20(22-11-15-13-27-17-7-3-4-8-18(17)28-15)21(25)23-12-19-16-6-2-1-5-14(16)9-10-26-19/h1-8,15,19H,9-13H2,(H,22,24)(H,23,25). The minimum Gasteiger partial charge on any atom is -0.486 e. The van der Waals surface area contributed by atoms with E-state index in [4.69, 9.17) is 14.2 Å². The monoisotopic (exact) mass is 382 g/mol. The Balaban J connectivity index is 1.24. The van der Waals surface area contributed by atoms with E-state index in [1.165, 1.54) is 5.56 Å². The highest BCUT2D eigenvalue weighted by atomic mass is 16.6. The van der Waals surface area contributed by atoms with Crippen LogP contribution >= 0.6 is 0 Å². The van der Waals surface area contributed by atoms with Crippen LogP contribution in [0.2, 0.25) is 0 Å². The van der Waals surface area contributed by atoms with Gasteiger partial charge in [0, 0.05) is 6.54 Å². The predicted octanol–water partition coefficient (Wildman–Crippen LogP) is 1.37. The molecule has 2 heterocycles. The van der Waals surface area contributed by atoms with Crippen molar-refractivity contribution in [2.24, 2.45) is 0 Å². The van der Waals surface area contributed by atoms with Gasteiger partial charge >= 0.3 is 11.8 Å². The van der Waals surface area contributed by atoms with Crippen molar-refractivity contribution in [3.63, 3.8) is 0 Å². The van der Waals surface area contributed by atoms with Crippen molar-refractivity contribution < 1.29 is 23.8 Å². The highest BCUT2D eigenvalue weighted by Crippen LogP contribution is 2.30. The molecule has 4 rings (SSSR count). The van der Waals surface area contributed by atoms with Crippen LogP contribution in [0.3, 0.4) is 0 Å². The third-order valence-electron chi connectivity index (χ3n) is 4.80. The summed E-state index contributed by atoms with van der Waals surface area (Å²) in [5.41, 5.74) is 2.27. The molecule has 146 valence electrons. The molecule has 28 heavy (non-hydrogen) atoms. The van der Waals surface area contributed by atoms with Crippen LogP contribution in [0.1, 0.15) is 17.2 Å². The Morgan fingerprint density at radius 2 is 1.64 bits per heavy atom. The van der Waals surface area contributed by atoms with E-state index in [1.807, 2.05) is 36.4 Å². The maximum atomic E-state index is 12.1. The molecule has 7 nitrogen and oxygen atoms in total. The Morgan fingerprint density at radius 1 is 0.929 bits per heavy atom. The molecule has 0 aliphatic carbocycles. The summed E-state index contributed by atoms with van der Waals surface area (Å²) in [5.74, 6) is -0.0866. The summed E-state index contributed by atoms with van der Waals surface area (Å²) in [7, 11) is 0. The number of rotatable bonds is 4. The number of hydrogen-bond donors (Lipinski definition) is 2. The lowest BCUT2D eigenvalue weighted by molar-refractivity contribution is -0.139. The highest BCUT2D eigenvalue weighted by molar-refractivity contribution is 6.35. The van der Waals surface area contributed by atoms with Gasteiger partial charge in [-0.1, -0.05) is 36.4 Å². The number of nitrogens with one attached hydrogen (secondary N) is 2. The summed E-state index contributed by atoms with van der Waals surface area (Å²) in [6.07, 6.45) is 0.265. The molecule has 0 radical (unpaired) electrons. The molecular weight excluding hydrogens is 360 g/mol. The molecule has 0 spiro atoms. The zero-order chi connectivity index (χ0) is 19.3. The summed E-state index contributed by atoms with van der Waals surface area (Å²) < 4.78 is 17.1. The second-order valence-electron chi connectivity index (χ2n) is 6.73. The molecule has 2 unspecified atom stereocenters. The summed E-state index contributed by atoms with van der Waals surface area (Å²) >= 11 is 0. The van der Waals surface area contributed by atoms with Crippen LogP contribution in [0.5, 0.6) is 11.5 Å². The predicted molar refractivity (Wildman–Crippen MR) is 101 cm³/mol. The molecule has 0 bridgehead atoms. The van der Waals surface area contributed by atoms with Gasteiger partial charge in [-0.05, 0) is 29.7 Å². The molecule has 0 aromatic heterocycles. The molecule has 2 N–H and O–H groups in total. The van der Waals surface area contributed by atoms with Gasteiger partial charge in [-0.2, -0.15) is 0 Å². The van der Waals surface area contributed by atoms with Crippen LogP contribution < -0.4 is 20.1 Å². The third-order valence-corrected chi connectivity index (χ3v) is 4.80. The highest BCUT2D eigenvalue weighted by Gasteiger charge is 2.24. The molecule has 0 fully saturated rings. The van der Waals surface area contributed by atoms with Crippen molar-refractivity contribution in [2.75, 3.05) is 26.3 Å². The van der Waals surface area contributed by atoms with Crippen LogP contribution in [0.25, 0.3) is 0 Å². The molecule has 2 aliphatic heterocycles. The Hall–Kier alpha value is -3.06. The van der Waals surface area contributed by atoms with E-state index >= 15 is 0 Å². The number of hydrogen-bond acceptors (Lipinski definition) is 5. The largest absolute Gasteiger partial charge is 0.486 e. The molecule has 0 saturated heterocycles. The zero-order valence-corrected chi connectivity index (χ0v) is 15.4. The second kappa shape index (κ2) is 8.31. The zero-order valence-electron chi connectivity index (χ0n) is 15.4. The summed E-state index contributed by atoms with van der Waals surface area (Å²) in [6, 6.07) is 15.3. The maximum absolute atomic E-state index is 12.1. The average molecular weight is 382 g/mol. The Bertz CT molecular complexity index is 869. The Kier molecular flexibility index (Phi) is 5.43. The second-order valence-corrected chi connectivity index (χ2v) is 6.73. The molecule has 2 atom stereocenters. The number of para-hydroxylation sites is 2. The number of fused-ring (bicyclic) bond motifs is 2. The van der Waals surface area contributed by atoms with E-state index in [2.05, 4.69) is 16.7 Å². The molecular formula is C21H22N2O5. The lowest BCUT2D eigenvalue weighted by Crippen LogP contribution is -2.46. The SMILES string of the molecule is O=C(NCC1COc2ccccc2O1)C(=O)NCC1OCCc2ccccc21. The first-order valence-electron chi connectivity index (χ1n) is 9.34. The number of benzene rings is 2. The summed E-state index contributed by atoms with van der Waals surface area (Å²) in [6.45, 7) is 1.35. The minimum absolute atomic E-state index is 0.184. The summed E-state index contributed by atoms with van der Waals surface area (Å²) in [5, 5.41) is 5.24. The molecule has 2 aromatic carbocycles. The Labute approximate surface area is 163 Å². The van der Waals surface area contributed by atoms with Crippen LogP contribution in [0.4, 0.5) is 0 Å². The minimum atomic E-state index is -0.702. The van der Waals surface area contributed by atoms with Gasteiger partial charge in [0.15, 0.2) is 11.5 Å². The van der Waals surface area contributed by atoms with Gasteiger partial charge < -0.3 is 24.8 Å². The fourth-order valence-corrected chi connectivity index (χ4v) is 3.36. The van der Waals surface area contributed by atoms with Gasteiger partial charge in [0.05, 0.1) is 13.2 Å². The van der Waals surface area contributed by atoms with E-state index in [0.717, 1.165) is 12.0 Å². The first kappa shape index (κ1) is 18.3. The molecule has 0 saturated carbocycles. The van der Waals surface area contributed by atoms with E-state index in [1.54, 1.807) is 6.07 Å². The quantitative estimate of drug-likeness (QED) is 0.781. The normalized spacial score (nSPS) is 20.0. The smallest absolute Gasteiger partial charge is 0.309 e. The fourth-order valence-electron chi connectivity index (χ4n) is 3.36. The van der Waals surface area contributed by atoms with Crippen molar-refractivity contribution in [3.8, 4) is 11.5 Å². The lowest BCUT2D eigenvalue weighted by Gasteiger charge is -2.27. The number of carbonyl (C=O) groups excluding carboxylic acids is 2. The first-order valence-corrected chi connectivity index (χ1v) is 9.34. The van der Waals surface area contributed by atoms with Gasteiger partial charge in [-0.3, -0.25) is 9.59 Å². The van der Waals surface area contributed by atoms with E-state index < -0.39 is 11.8 Å². The molecule has 2 aromatic rings. The van der Waals surface area contributed by atoms with Crippen LogP contribution in [-0.4, -0.2) is 44.2 Å². The molecule has 2 amide bonds. The van der Waals surface area contributed by atoms with Crippen molar-refractivity contribution in [1.29, 1.82) is 0 Å². The van der Waals surface area contributed by atoms with Gasteiger partial charge in [0.25, 0.3) is 0 Å². The van der Waals surface area contributed by atoms with E-state index in [0.29, 0.717) is 24.7 Å². The van der Waals surface area contributed by atoms with Crippen molar-refractivity contribution in [1.82, 2.24) is 10.6 Å². The third kappa shape index (κ3) is 4.09. The first-order chi connectivity index (χ1) is 13.7. The average Bonchev–Trinajstić information content (AvgIpc) is 2.75. The van der Waals surface area contributed by atoms with Crippen LogP contribution in [0, 0.1) is 0 Å². The number of amides is 2. The number of carbonyl (C=O) groups is 2. The van der Waals surface area contributed by atoms with Crippen molar-refractivity contribution in [2.45, 2.75) is 18.6 Å². The Morgan fingerprint density at radius 3 is 2.50 bits per heavy atom. The maximum Gasteiger partial charge on any atom is 0.309 e. The van der Waals surface area contributed by atoms with Gasteiger partial charge in [-0.15, -0.1) is 0 Å².